The van der Waals surface area contributed by atoms with Crippen LogP contribution in [-0.4, -0.2) is 10.9 Å². The number of rotatable bonds is 6. The minimum atomic E-state index is -0.0118. The second-order valence-electron chi connectivity index (χ2n) is 5.60. The number of nitrogens with zero attached hydrogens (tertiary/aromatic N) is 1. The Morgan fingerprint density at radius 1 is 1.18 bits per heavy atom. The van der Waals surface area contributed by atoms with Gasteiger partial charge in [-0.1, -0.05) is 32.0 Å². The van der Waals surface area contributed by atoms with Crippen molar-refractivity contribution in [2.75, 3.05) is 0 Å². The van der Waals surface area contributed by atoms with E-state index < -0.39 is 0 Å². The first-order chi connectivity index (χ1) is 10.6. The van der Waals surface area contributed by atoms with Crippen LogP contribution in [0.2, 0.25) is 0 Å². The lowest BCUT2D eigenvalue weighted by molar-refractivity contribution is -0.124. The van der Waals surface area contributed by atoms with Gasteiger partial charge in [0.15, 0.2) is 0 Å². The van der Waals surface area contributed by atoms with E-state index in [1.165, 1.54) is 0 Å². The summed E-state index contributed by atoms with van der Waals surface area (Å²) in [5.74, 6) is 0.851. The van der Waals surface area contributed by atoms with Crippen LogP contribution in [0, 0.1) is 5.92 Å². The molecule has 116 valence electrons. The van der Waals surface area contributed by atoms with Gasteiger partial charge in [0.1, 0.15) is 12.4 Å². The summed E-state index contributed by atoms with van der Waals surface area (Å²) in [4.78, 5) is 15.8. The molecule has 0 spiro atoms. The maximum absolute atomic E-state index is 11.7. The first-order valence-corrected chi connectivity index (χ1v) is 7.48. The summed E-state index contributed by atoms with van der Waals surface area (Å²) in [5.41, 5.74) is 2.09. The highest BCUT2D eigenvalue weighted by Gasteiger charge is 2.12. The van der Waals surface area contributed by atoms with Crippen molar-refractivity contribution in [3.05, 3.63) is 59.9 Å². The molecule has 22 heavy (non-hydrogen) atoms. The summed E-state index contributed by atoms with van der Waals surface area (Å²) in [5, 5.41) is 2.98. The topological polar surface area (TPSA) is 51.2 Å². The second-order valence-corrected chi connectivity index (χ2v) is 5.60. The molecule has 0 aliphatic rings. The van der Waals surface area contributed by atoms with Crippen molar-refractivity contribution < 1.29 is 9.53 Å². The number of hydrogen-bond acceptors (Lipinski definition) is 3. The number of benzene rings is 1. The highest BCUT2D eigenvalue weighted by atomic mass is 16.5. The van der Waals surface area contributed by atoms with E-state index >= 15 is 0 Å². The summed E-state index contributed by atoms with van der Waals surface area (Å²) in [6.07, 6.45) is 3.53. The molecule has 0 saturated carbocycles. The molecule has 0 radical (unpaired) electrons. The van der Waals surface area contributed by atoms with Gasteiger partial charge < -0.3 is 10.1 Å². The number of hydrogen-bond donors (Lipinski definition) is 1. The van der Waals surface area contributed by atoms with E-state index in [1.54, 1.807) is 12.4 Å². The van der Waals surface area contributed by atoms with Crippen molar-refractivity contribution in [1.29, 1.82) is 0 Å². The van der Waals surface area contributed by atoms with Gasteiger partial charge in [0.2, 0.25) is 5.91 Å². The van der Waals surface area contributed by atoms with Gasteiger partial charge in [-0.25, -0.2) is 0 Å². The van der Waals surface area contributed by atoms with Gasteiger partial charge in [-0.3, -0.25) is 9.78 Å². The Morgan fingerprint density at radius 2 is 1.91 bits per heavy atom. The van der Waals surface area contributed by atoms with Crippen LogP contribution in [0.4, 0.5) is 0 Å². The van der Waals surface area contributed by atoms with Gasteiger partial charge in [0.25, 0.3) is 0 Å². The Labute approximate surface area is 131 Å². The third-order valence-electron chi connectivity index (χ3n) is 3.39. The fourth-order valence-corrected chi connectivity index (χ4v) is 1.97. The van der Waals surface area contributed by atoms with Crippen LogP contribution in [0.1, 0.15) is 37.9 Å². The highest BCUT2D eigenvalue weighted by molar-refractivity contribution is 5.78. The second kappa shape index (κ2) is 7.59. The van der Waals surface area contributed by atoms with Crippen LogP contribution in [0.25, 0.3) is 0 Å². The molecule has 1 N–H and O–H groups in total. The van der Waals surface area contributed by atoms with E-state index in [0.717, 1.165) is 16.9 Å². The van der Waals surface area contributed by atoms with Crippen molar-refractivity contribution in [2.45, 2.75) is 33.4 Å². The third-order valence-corrected chi connectivity index (χ3v) is 3.39. The molecular weight excluding hydrogens is 276 g/mol. The summed E-state index contributed by atoms with van der Waals surface area (Å²) >= 11 is 0. The minimum Gasteiger partial charge on any atom is -0.489 e. The van der Waals surface area contributed by atoms with Crippen molar-refractivity contribution >= 4 is 5.91 Å². The zero-order valence-corrected chi connectivity index (χ0v) is 13.2. The predicted octanol–water partition coefficient (Wildman–Crippen LogP) is 3.49. The van der Waals surface area contributed by atoms with E-state index in [4.69, 9.17) is 4.74 Å². The number of nitrogens with one attached hydrogen (secondary N) is 1. The van der Waals surface area contributed by atoms with Gasteiger partial charge in [0, 0.05) is 23.9 Å². The fourth-order valence-electron chi connectivity index (χ4n) is 1.97. The smallest absolute Gasteiger partial charge is 0.223 e. The summed E-state index contributed by atoms with van der Waals surface area (Å²) < 4.78 is 5.72. The fraction of sp³-hybridized carbons (Fsp3) is 0.333. The first-order valence-electron chi connectivity index (χ1n) is 7.48. The average Bonchev–Trinajstić information content (AvgIpc) is 2.54. The van der Waals surface area contributed by atoms with E-state index in [2.05, 4.69) is 10.3 Å². The van der Waals surface area contributed by atoms with Crippen LogP contribution in [0.3, 0.4) is 0 Å². The molecule has 0 aliphatic carbocycles. The Kier molecular flexibility index (Phi) is 5.53. The zero-order valence-electron chi connectivity index (χ0n) is 13.2. The van der Waals surface area contributed by atoms with Crippen molar-refractivity contribution in [3.63, 3.8) is 0 Å². The van der Waals surface area contributed by atoms with Crippen molar-refractivity contribution in [2.24, 2.45) is 5.92 Å². The molecule has 2 rings (SSSR count). The number of carbonyl (C=O) groups excluding carboxylic acids is 1. The summed E-state index contributed by atoms with van der Waals surface area (Å²) in [6.45, 7) is 6.24. The molecule has 1 aromatic heterocycles. The number of ether oxygens (including phenoxy) is 1. The number of aromatic nitrogens is 1. The lowest BCUT2D eigenvalue weighted by atomic mass is 10.1. The van der Waals surface area contributed by atoms with Crippen LogP contribution in [0.15, 0.2) is 48.8 Å². The number of amides is 1. The standard InChI is InChI=1S/C18H22N2O2/c1-13(2)18(21)20-14(3)16-6-8-17(9-7-16)22-12-15-5-4-10-19-11-15/h4-11,13-14H,12H2,1-3H3,(H,20,21)/t14-/m0/s1. The maximum atomic E-state index is 11.7. The maximum Gasteiger partial charge on any atom is 0.223 e. The number of carbonyl (C=O) groups is 1. The summed E-state index contributed by atoms with van der Waals surface area (Å²) in [7, 11) is 0. The molecule has 0 bridgehead atoms. The van der Waals surface area contributed by atoms with Gasteiger partial charge in [0.05, 0.1) is 6.04 Å². The molecule has 4 heteroatoms. The third kappa shape index (κ3) is 4.58. The SMILES string of the molecule is CC(C)C(=O)N[C@@H](C)c1ccc(OCc2cccnc2)cc1. The predicted molar refractivity (Wildman–Crippen MR) is 86.4 cm³/mol. The Balaban J connectivity index is 1.91. The zero-order chi connectivity index (χ0) is 15.9. The van der Waals surface area contributed by atoms with Crippen molar-refractivity contribution in [1.82, 2.24) is 10.3 Å². The largest absolute Gasteiger partial charge is 0.489 e. The Morgan fingerprint density at radius 3 is 2.50 bits per heavy atom. The lowest BCUT2D eigenvalue weighted by Gasteiger charge is -2.16. The van der Waals surface area contributed by atoms with Gasteiger partial charge >= 0.3 is 0 Å². The van der Waals surface area contributed by atoms with Crippen molar-refractivity contribution in [3.8, 4) is 5.75 Å². The highest BCUT2D eigenvalue weighted by Crippen LogP contribution is 2.19. The Bertz CT molecular complexity index is 594. The van der Waals surface area contributed by atoms with E-state index in [1.807, 2.05) is 57.2 Å². The molecule has 1 heterocycles. The van der Waals surface area contributed by atoms with Crippen LogP contribution >= 0.6 is 0 Å². The van der Waals surface area contributed by atoms with E-state index in [0.29, 0.717) is 6.61 Å². The molecule has 4 nitrogen and oxygen atoms in total. The lowest BCUT2D eigenvalue weighted by Crippen LogP contribution is -2.30. The molecule has 0 fully saturated rings. The molecule has 2 aromatic rings. The molecule has 1 aromatic carbocycles. The summed E-state index contributed by atoms with van der Waals surface area (Å²) in [6, 6.07) is 11.6. The van der Waals surface area contributed by atoms with E-state index in [9.17, 15) is 4.79 Å². The molecule has 0 unspecified atom stereocenters. The molecular formula is C18H22N2O2. The first kappa shape index (κ1) is 16.0. The van der Waals surface area contributed by atoms with Gasteiger partial charge in [-0.15, -0.1) is 0 Å². The quantitative estimate of drug-likeness (QED) is 0.888. The molecule has 1 amide bonds. The average molecular weight is 298 g/mol. The van der Waals surface area contributed by atoms with Crippen LogP contribution in [-0.2, 0) is 11.4 Å². The molecule has 0 saturated heterocycles. The normalized spacial score (nSPS) is 12.0. The Hall–Kier alpha value is -2.36. The van der Waals surface area contributed by atoms with Gasteiger partial charge in [-0.2, -0.15) is 0 Å². The number of pyridine rings is 1. The van der Waals surface area contributed by atoms with Crippen LogP contribution in [0.5, 0.6) is 5.75 Å². The monoisotopic (exact) mass is 298 g/mol. The molecule has 0 aliphatic heterocycles. The van der Waals surface area contributed by atoms with Gasteiger partial charge in [-0.05, 0) is 30.7 Å². The van der Waals surface area contributed by atoms with E-state index in [-0.39, 0.29) is 17.9 Å². The molecule has 1 atom stereocenters. The van der Waals surface area contributed by atoms with Crippen LogP contribution < -0.4 is 10.1 Å². The minimum absolute atomic E-state index is 0.00969.